The van der Waals surface area contributed by atoms with Crippen molar-refractivity contribution in [3.8, 4) is 0 Å². The normalized spacial score (nSPS) is 12.5. The molecule has 2 heterocycles. The van der Waals surface area contributed by atoms with Gasteiger partial charge in [-0.1, -0.05) is 17.7 Å². The Morgan fingerprint density at radius 3 is 2.63 bits per heavy atom. The van der Waals surface area contributed by atoms with Gasteiger partial charge in [-0.2, -0.15) is 13.2 Å². The Bertz CT molecular complexity index is 794. The first kappa shape index (κ1) is 12.2. The largest absolute Gasteiger partial charge is 0.452 e. The monoisotopic (exact) mass is 286 g/mol. The minimum absolute atomic E-state index is 0.105. The van der Waals surface area contributed by atoms with E-state index in [0.717, 1.165) is 9.96 Å². The molecule has 0 atom stereocenters. The van der Waals surface area contributed by atoms with Crippen LogP contribution in [0.15, 0.2) is 18.2 Å². The van der Waals surface area contributed by atoms with Crippen LogP contribution in [-0.2, 0) is 6.18 Å². The standard InChI is InChI=1S/C11H6ClF3N4/c1-5-2-3-6-7(4-5)19-9(8(12)16-6)17-18-10(19)11(13,14)15/h2-4H,1H3. The molecule has 0 aliphatic rings. The van der Waals surface area contributed by atoms with Gasteiger partial charge in [-0.15, -0.1) is 10.2 Å². The number of hydrogen-bond acceptors (Lipinski definition) is 3. The molecule has 3 rings (SSSR count). The molecule has 0 radical (unpaired) electrons. The molecular formula is C11H6ClF3N4. The Hall–Kier alpha value is -1.89. The van der Waals surface area contributed by atoms with Crippen molar-refractivity contribution in [1.82, 2.24) is 19.6 Å². The summed E-state index contributed by atoms with van der Waals surface area (Å²) in [5, 5.41) is 6.52. The molecule has 0 N–H and O–H groups in total. The Morgan fingerprint density at radius 2 is 1.95 bits per heavy atom. The number of nitrogens with zero attached hydrogens (tertiary/aromatic N) is 4. The van der Waals surface area contributed by atoms with Crippen LogP contribution in [0.3, 0.4) is 0 Å². The molecule has 0 bridgehead atoms. The molecule has 3 aromatic rings. The molecule has 0 aliphatic heterocycles. The van der Waals surface area contributed by atoms with Gasteiger partial charge in [0.05, 0.1) is 11.0 Å². The zero-order chi connectivity index (χ0) is 13.8. The fourth-order valence-corrected chi connectivity index (χ4v) is 2.11. The zero-order valence-corrected chi connectivity index (χ0v) is 10.3. The number of benzene rings is 1. The van der Waals surface area contributed by atoms with Crippen LogP contribution in [0.4, 0.5) is 13.2 Å². The van der Waals surface area contributed by atoms with E-state index < -0.39 is 12.0 Å². The highest BCUT2D eigenvalue weighted by atomic mass is 35.5. The second-order valence-electron chi connectivity index (χ2n) is 4.08. The molecule has 8 heteroatoms. The van der Waals surface area contributed by atoms with E-state index in [-0.39, 0.29) is 16.3 Å². The van der Waals surface area contributed by atoms with Crippen molar-refractivity contribution in [1.29, 1.82) is 0 Å². The van der Waals surface area contributed by atoms with Crippen LogP contribution in [0.1, 0.15) is 11.4 Å². The zero-order valence-electron chi connectivity index (χ0n) is 9.53. The van der Waals surface area contributed by atoms with Gasteiger partial charge in [0.25, 0.3) is 0 Å². The fraction of sp³-hybridized carbons (Fsp3) is 0.182. The van der Waals surface area contributed by atoms with Gasteiger partial charge >= 0.3 is 6.18 Å². The number of hydrogen-bond donors (Lipinski definition) is 0. The van der Waals surface area contributed by atoms with E-state index in [0.29, 0.717) is 5.52 Å². The molecule has 0 spiro atoms. The summed E-state index contributed by atoms with van der Waals surface area (Å²) in [6.07, 6.45) is -4.61. The lowest BCUT2D eigenvalue weighted by Crippen LogP contribution is -2.11. The molecule has 2 aromatic heterocycles. The Kier molecular flexibility index (Phi) is 2.43. The minimum Gasteiger partial charge on any atom is -0.267 e. The van der Waals surface area contributed by atoms with Crippen molar-refractivity contribution < 1.29 is 13.2 Å². The van der Waals surface area contributed by atoms with E-state index in [1.807, 2.05) is 0 Å². The predicted molar refractivity (Wildman–Crippen MR) is 63.0 cm³/mol. The highest BCUT2D eigenvalue weighted by Crippen LogP contribution is 2.31. The Morgan fingerprint density at radius 1 is 1.21 bits per heavy atom. The van der Waals surface area contributed by atoms with Gasteiger partial charge in [-0.25, -0.2) is 4.98 Å². The van der Waals surface area contributed by atoms with E-state index in [9.17, 15) is 13.2 Å². The molecule has 19 heavy (non-hydrogen) atoms. The Labute approximate surface area is 109 Å². The molecule has 0 saturated heterocycles. The van der Waals surface area contributed by atoms with Gasteiger partial charge in [-0.3, -0.25) is 4.40 Å². The summed E-state index contributed by atoms with van der Waals surface area (Å²) in [6, 6.07) is 4.94. The molecule has 98 valence electrons. The molecule has 0 unspecified atom stereocenters. The lowest BCUT2D eigenvalue weighted by atomic mass is 10.2. The van der Waals surface area contributed by atoms with Crippen molar-refractivity contribution in [2.75, 3.05) is 0 Å². The lowest BCUT2D eigenvalue weighted by molar-refractivity contribution is -0.145. The SMILES string of the molecule is Cc1ccc2nc(Cl)c3nnc(C(F)(F)F)n3c2c1. The van der Waals surface area contributed by atoms with Crippen LogP contribution in [0.5, 0.6) is 0 Å². The average Bonchev–Trinajstić information content (AvgIpc) is 2.75. The number of aryl methyl sites for hydroxylation is 1. The number of alkyl halides is 3. The maximum absolute atomic E-state index is 12.9. The highest BCUT2D eigenvalue weighted by molar-refractivity contribution is 6.32. The molecular weight excluding hydrogens is 281 g/mol. The first-order valence-electron chi connectivity index (χ1n) is 5.26. The molecule has 1 aromatic carbocycles. The third-order valence-corrected chi connectivity index (χ3v) is 2.95. The third-order valence-electron chi connectivity index (χ3n) is 2.69. The second-order valence-corrected chi connectivity index (χ2v) is 4.43. The summed E-state index contributed by atoms with van der Waals surface area (Å²) in [6.45, 7) is 1.78. The van der Waals surface area contributed by atoms with Gasteiger partial charge < -0.3 is 0 Å². The van der Waals surface area contributed by atoms with E-state index in [1.165, 1.54) is 0 Å². The molecule has 0 saturated carbocycles. The quantitative estimate of drug-likeness (QED) is 0.637. The maximum Gasteiger partial charge on any atom is 0.452 e. The smallest absolute Gasteiger partial charge is 0.267 e. The second kappa shape index (κ2) is 3.80. The summed E-state index contributed by atoms with van der Waals surface area (Å²) in [5.74, 6) is -1.11. The first-order chi connectivity index (χ1) is 8.88. The van der Waals surface area contributed by atoms with E-state index >= 15 is 0 Å². The summed E-state index contributed by atoms with van der Waals surface area (Å²) in [5.41, 5.74) is 1.33. The number of fused-ring (bicyclic) bond motifs is 3. The van der Waals surface area contributed by atoms with Crippen molar-refractivity contribution in [2.24, 2.45) is 0 Å². The highest BCUT2D eigenvalue weighted by Gasteiger charge is 2.38. The van der Waals surface area contributed by atoms with Crippen LogP contribution < -0.4 is 0 Å². The van der Waals surface area contributed by atoms with Crippen LogP contribution >= 0.6 is 11.6 Å². The Balaban J connectivity index is 2.56. The van der Waals surface area contributed by atoms with Crippen LogP contribution in [-0.4, -0.2) is 19.6 Å². The summed E-state index contributed by atoms with van der Waals surface area (Å²) >= 11 is 5.84. The summed E-state index contributed by atoms with van der Waals surface area (Å²) in [4.78, 5) is 4.02. The van der Waals surface area contributed by atoms with Crippen molar-refractivity contribution in [2.45, 2.75) is 13.1 Å². The van der Waals surface area contributed by atoms with Gasteiger partial charge in [-0.05, 0) is 24.6 Å². The fourth-order valence-electron chi connectivity index (χ4n) is 1.89. The van der Waals surface area contributed by atoms with Crippen LogP contribution in [0.25, 0.3) is 16.7 Å². The molecule has 0 fully saturated rings. The average molecular weight is 287 g/mol. The third kappa shape index (κ3) is 1.81. The van der Waals surface area contributed by atoms with Gasteiger partial charge in [0.15, 0.2) is 10.8 Å². The van der Waals surface area contributed by atoms with Crippen molar-refractivity contribution >= 4 is 28.3 Å². The molecule has 4 nitrogen and oxygen atoms in total. The number of rotatable bonds is 0. The summed E-state index contributed by atoms with van der Waals surface area (Å²) in [7, 11) is 0. The number of aromatic nitrogens is 4. The van der Waals surface area contributed by atoms with E-state index in [4.69, 9.17) is 11.6 Å². The lowest BCUT2D eigenvalue weighted by Gasteiger charge is -2.08. The topological polar surface area (TPSA) is 43.1 Å². The first-order valence-corrected chi connectivity index (χ1v) is 5.64. The van der Waals surface area contributed by atoms with Crippen molar-refractivity contribution in [3.63, 3.8) is 0 Å². The maximum atomic E-state index is 12.9. The van der Waals surface area contributed by atoms with Crippen LogP contribution in [0.2, 0.25) is 5.15 Å². The predicted octanol–water partition coefficient (Wildman–Crippen LogP) is 3.26. The van der Waals surface area contributed by atoms with Crippen LogP contribution in [0, 0.1) is 6.92 Å². The van der Waals surface area contributed by atoms with Gasteiger partial charge in [0.2, 0.25) is 5.82 Å². The van der Waals surface area contributed by atoms with Gasteiger partial charge in [0, 0.05) is 0 Å². The summed E-state index contributed by atoms with van der Waals surface area (Å²) < 4.78 is 39.7. The minimum atomic E-state index is -4.61. The van der Waals surface area contributed by atoms with Crippen molar-refractivity contribution in [3.05, 3.63) is 34.7 Å². The van der Waals surface area contributed by atoms with E-state index in [1.54, 1.807) is 25.1 Å². The van der Waals surface area contributed by atoms with Gasteiger partial charge in [0.1, 0.15) is 0 Å². The molecule has 0 aliphatic carbocycles. The number of halogens is 4. The van der Waals surface area contributed by atoms with E-state index in [2.05, 4.69) is 15.2 Å². The molecule has 0 amide bonds.